The number of fused-ring (bicyclic) bond motifs is 4. The number of aromatic amines is 1. The second-order valence-corrected chi connectivity index (χ2v) is 4.88. The first-order valence-electron chi connectivity index (χ1n) is 6.16. The molecular formula is C13H14N4. The van der Waals surface area contributed by atoms with Crippen molar-refractivity contribution in [2.24, 2.45) is 0 Å². The molecule has 0 radical (unpaired) electrons. The van der Waals surface area contributed by atoms with E-state index in [2.05, 4.69) is 20.5 Å². The summed E-state index contributed by atoms with van der Waals surface area (Å²) in [5, 5.41) is 11.3. The van der Waals surface area contributed by atoms with Crippen LogP contribution in [0.1, 0.15) is 30.1 Å². The van der Waals surface area contributed by atoms with Gasteiger partial charge in [-0.05, 0) is 25.0 Å². The van der Waals surface area contributed by atoms with Crippen molar-refractivity contribution in [2.45, 2.75) is 31.3 Å². The number of hydrogen-bond donors (Lipinski definition) is 2. The van der Waals surface area contributed by atoms with Crippen LogP contribution in [-0.4, -0.2) is 21.2 Å². The van der Waals surface area contributed by atoms with Crippen LogP contribution in [0.2, 0.25) is 0 Å². The van der Waals surface area contributed by atoms with Gasteiger partial charge in [0.2, 0.25) is 0 Å². The number of hydrogen-bond acceptors (Lipinski definition) is 3. The van der Waals surface area contributed by atoms with E-state index < -0.39 is 0 Å². The maximum Gasteiger partial charge on any atom is 0.115 e. The fourth-order valence-electron chi connectivity index (χ4n) is 3.07. The first-order valence-corrected chi connectivity index (χ1v) is 6.16. The van der Waals surface area contributed by atoms with Crippen LogP contribution in [0.5, 0.6) is 0 Å². The molecule has 17 heavy (non-hydrogen) atoms. The number of H-pyrrole nitrogens is 1. The molecule has 4 rings (SSSR count). The SMILES string of the molecule is c1ccc(-c2n[nH]c3c2[C@@H]2CC[C@@H](C3)N2)nc1. The Labute approximate surface area is 99.5 Å². The zero-order valence-electron chi connectivity index (χ0n) is 9.48. The van der Waals surface area contributed by atoms with E-state index in [1.54, 1.807) is 0 Å². The normalized spacial score (nSPS) is 25.9. The molecule has 4 nitrogen and oxygen atoms in total. The highest BCUT2D eigenvalue weighted by Crippen LogP contribution is 2.39. The molecule has 4 heterocycles. The van der Waals surface area contributed by atoms with Crippen molar-refractivity contribution in [1.29, 1.82) is 0 Å². The van der Waals surface area contributed by atoms with Gasteiger partial charge in [-0.15, -0.1) is 0 Å². The lowest BCUT2D eigenvalue weighted by molar-refractivity contribution is 0.511. The van der Waals surface area contributed by atoms with Gasteiger partial charge in [-0.2, -0.15) is 5.10 Å². The Kier molecular flexibility index (Phi) is 1.87. The Morgan fingerprint density at radius 1 is 1.24 bits per heavy atom. The van der Waals surface area contributed by atoms with E-state index >= 15 is 0 Å². The molecule has 0 aliphatic carbocycles. The Bertz CT molecular complexity index is 546. The summed E-state index contributed by atoms with van der Waals surface area (Å²) in [7, 11) is 0. The summed E-state index contributed by atoms with van der Waals surface area (Å²) in [5.41, 5.74) is 4.64. The van der Waals surface area contributed by atoms with Gasteiger partial charge in [-0.3, -0.25) is 10.1 Å². The van der Waals surface area contributed by atoms with Crippen molar-refractivity contribution >= 4 is 0 Å². The molecule has 2 N–H and O–H groups in total. The molecule has 86 valence electrons. The Morgan fingerprint density at radius 2 is 2.24 bits per heavy atom. The van der Waals surface area contributed by atoms with Gasteiger partial charge >= 0.3 is 0 Å². The predicted molar refractivity (Wildman–Crippen MR) is 64.4 cm³/mol. The van der Waals surface area contributed by atoms with E-state index in [0.717, 1.165) is 17.8 Å². The van der Waals surface area contributed by atoms with Gasteiger partial charge in [0.05, 0.1) is 5.69 Å². The molecule has 2 aromatic rings. The lowest BCUT2D eigenvalue weighted by atomic mass is 9.98. The van der Waals surface area contributed by atoms with Gasteiger partial charge < -0.3 is 5.32 Å². The monoisotopic (exact) mass is 226 g/mol. The summed E-state index contributed by atoms with van der Waals surface area (Å²) in [5.74, 6) is 0. The van der Waals surface area contributed by atoms with Crippen molar-refractivity contribution < 1.29 is 0 Å². The highest BCUT2D eigenvalue weighted by atomic mass is 15.2. The summed E-state index contributed by atoms with van der Waals surface area (Å²) >= 11 is 0. The fraction of sp³-hybridized carbons (Fsp3) is 0.385. The van der Waals surface area contributed by atoms with Crippen molar-refractivity contribution in [1.82, 2.24) is 20.5 Å². The predicted octanol–water partition coefficient (Wildman–Crippen LogP) is 1.82. The van der Waals surface area contributed by atoms with E-state index in [4.69, 9.17) is 0 Å². The minimum absolute atomic E-state index is 0.472. The molecule has 2 aliphatic rings. The largest absolute Gasteiger partial charge is 0.307 e. The van der Waals surface area contributed by atoms with E-state index in [1.807, 2.05) is 24.4 Å². The molecule has 2 bridgehead atoms. The smallest absolute Gasteiger partial charge is 0.115 e. The van der Waals surface area contributed by atoms with Crippen LogP contribution in [0.3, 0.4) is 0 Å². The van der Waals surface area contributed by atoms with Crippen LogP contribution in [0.15, 0.2) is 24.4 Å². The van der Waals surface area contributed by atoms with Gasteiger partial charge in [0.15, 0.2) is 0 Å². The van der Waals surface area contributed by atoms with Gasteiger partial charge in [-0.25, -0.2) is 0 Å². The molecule has 0 aromatic carbocycles. The highest BCUT2D eigenvalue weighted by molar-refractivity contribution is 5.61. The topological polar surface area (TPSA) is 53.6 Å². The second kappa shape index (κ2) is 3.40. The van der Waals surface area contributed by atoms with Gasteiger partial charge in [0, 0.05) is 36.0 Å². The lowest BCUT2D eigenvalue weighted by Gasteiger charge is -2.21. The lowest BCUT2D eigenvalue weighted by Crippen LogP contribution is -2.31. The van der Waals surface area contributed by atoms with Crippen molar-refractivity contribution in [3.05, 3.63) is 35.7 Å². The van der Waals surface area contributed by atoms with Crippen molar-refractivity contribution in [3.8, 4) is 11.4 Å². The summed E-state index contributed by atoms with van der Waals surface area (Å²) in [6, 6.07) is 7.09. The Morgan fingerprint density at radius 3 is 3.12 bits per heavy atom. The first-order chi connectivity index (χ1) is 8.42. The van der Waals surface area contributed by atoms with Crippen LogP contribution in [0.25, 0.3) is 11.4 Å². The summed E-state index contributed by atoms with van der Waals surface area (Å²) in [6.07, 6.45) is 5.39. The molecule has 1 saturated heterocycles. The summed E-state index contributed by atoms with van der Waals surface area (Å²) in [4.78, 5) is 4.40. The van der Waals surface area contributed by atoms with E-state index in [0.29, 0.717) is 12.1 Å². The number of nitrogens with one attached hydrogen (secondary N) is 2. The molecule has 0 amide bonds. The first kappa shape index (κ1) is 9.36. The minimum Gasteiger partial charge on any atom is -0.307 e. The third-order valence-corrected chi connectivity index (χ3v) is 3.83. The number of nitrogens with zero attached hydrogens (tertiary/aromatic N) is 2. The van der Waals surface area contributed by atoms with Crippen LogP contribution >= 0.6 is 0 Å². The van der Waals surface area contributed by atoms with Crippen LogP contribution in [0, 0.1) is 0 Å². The maximum absolute atomic E-state index is 4.46. The highest BCUT2D eigenvalue weighted by Gasteiger charge is 2.36. The van der Waals surface area contributed by atoms with E-state index in [1.165, 1.54) is 24.1 Å². The van der Waals surface area contributed by atoms with E-state index in [9.17, 15) is 0 Å². The van der Waals surface area contributed by atoms with E-state index in [-0.39, 0.29) is 0 Å². The molecule has 0 spiro atoms. The molecule has 1 fully saturated rings. The molecule has 2 aliphatic heterocycles. The molecule has 0 saturated carbocycles. The minimum atomic E-state index is 0.472. The molecule has 2 aromatic heterocycles. The standard InChI is InChI=1S/C13H14N4/c1-2-6-14-10(3-1)13-12-9-5-4-8(15-9)7-11(12)16-17-13/h1-3,6,8-9,15H,4-5,7H2,(H,16,17)/t8-,9-/m0/s1. The summed E-state index contributed by atoms with van der Waals surface area (Å²) < 4.78 is 0. The summed E-state index contributed by atoms with van der Waals surface area (Å²) in [6.45, 7) is 0. The van der Waals surface area contributed by atoms with Crippen molar-refractivity contribution in [3.63, 3.8) is 0 Å². The molecule has 0 unspecified atom stereocenters. The fourth-order valence-corrected chi connectivity index (χ4v) is 3.07. The Balaban J connectivity index is 1.87. The van der Waals surface area contributed by atoms with Crippen LogP contribution in [0.4, 0.5) is 0 Å². The van der Waals surface area contributed by atoms with Crippen LogP contribution in [-0.2, 0) is 6.42 Å². The third kappa shape index (κ3) is 1.34. The average molecular weight is 226 g/mol. The second-order valence-electron chi connectivity index (χ2n) is 4.88. The number of aromatic nitrogens is 3. The van der Waals surface area contributed by atoms with Crippen molar-refractivity contribution in [2.75, 3.05) is 0 Å². The maximum atomic E-state index is 4.46. The zero-order valence-corrected chi connectivity index (χ0v) is 9.48. The van der Waals surface area contributed by atoms with Crippen LogP contribution < -0.4 is 5.32 Å². The quantitative estimate of drug-likeness (QED) is 0.780. The molecule has 2 atom stereocenters. The van der Waals surface area contributed by atoms with Gasteiger partial charge in [-0.1, -0.05) is 6.07 Å². The zero-order chi connectivity index (χ0) is 11.2. The molecule has 4 heteroatoms. The molecular weight excluding hydrogens is 212 g/mol. The number of rotatable bonds is 1. The average Bonchev–Trinajstić information content (AvgIpc) is 2.96. The Hall–Kier alpha value is -1.68. The van der Waals surface area contributed by atoms with Gasteiger partial charge in [0.25, 0.3) is 0 Å². The third-order valence-electron chi connectivity index (χ3n) is 3.83. The number of pyridine rings is 1. The van der Waals surface area contributed by atoms with Gasteiger partial charge in [0.1, 0.15) is 5.69 Å².